The summed E-state index contributed by atoms with van der Waals surface area (Å²) in [4.78, 5) is 11.4. The summed E-state index contributed by atoms with van der Waals surface area (Å²) in [7, 11) is 1.67. The predicted octanol–water partition coefficient (Wildman–Crippen LogP) is 6.72. The van der Waals surface area contributed by atoms with Gasteiger partial charge in [0.2, 0.25) is 0 Å². The van der Waals surface area contributed by atoms with Crippen molar-refractivity contribution in [3.63, 3.8) is 0 Å². The van der Waals surface area contributed by atoms with Crippen molar-refractivity contribution in [2.45, 2.75) is 19.5 Å². The van der Waals surface area contributed by atoms with E-state index in [-0.39, 0.29) is 16.6 Å². The van der Waals surface area contributed by atoms with Gasteiger partial charge in [-0.05, 0) is 76.3 Å². The topological polar surface area (TPSA) is 58.6 Å². The number of benzene rings is 4. The number of methoxy groups -OCH3 is 1. The van der Waals surface area contributed by atoms with Crippen LogP contribution >= 0.6 is 11.6 Å². The van der Waals surface area contributed by atoms with Crippen molar-refractivity contribution >= 4 is 28.3 Å². The summed E-state index contributed by atoms with van der Waals surface area (Å²) in [5, 5.41) is 15.3. The molecule has 4 nitrogen and oxygen atoms in total. The van der Waals surface area contributed by atoms with E-state index < -0.39 is 5.97 Å². The average Bonchev–Trinajstić information content (AvgIpc) is 2.81. The first-order valence-corrected chi connectivity index (χ1v) is 10.8. The van der Waals surface area contributed by atoms with Gasteiger partial charge in [0.05, 0.1) is 17.7 Å². The van der Waals surface area contributed by atoms with Crippen molar-refractivity contribution in [3.05, 3.63) is 101 Å². The normalized spacial score (nSPS) is 12.0. The Balaban J connectivity index is 1.68. The molecule has 0 aromatic heterocycles. The van der Waals surface area contributed by atoms with Crippen molar-refractivity contribution in [1.29, 1.82) is 0 Å². The second kappa shape index (κ2) is 9.43. The van der Waals surface area contributed by atoms with Crippen molar-refractivity contribution in [2.75, 3.05) is 7.11 Å². The van der Waals surface area contributed by atoms with Gasteiger partial charge in [-0.1, -0.05) is 54.1 Å². The third kappa shape index (κ3) is 4.62. The van der Waals surface area contributed by atoms with E-state index >= 15 is 0 Å². The molecule has 4 rings (SSSR count). The van der Waals surface area contributed by atoms with Gasteiger partial charge in [-0.3, -0.25) is 0 Å². The van der Waals surface area contributed by atoms with Crippen LogP contribution in [-0.2, 0) is 6.54 Å². The van der Waals surface area contributed by atoms with E-state index in [4.69, 9.17) is 16.3 Å². The Kier molecular flexibility index (Phi) is 6.45. The van der Waals surface area contributed by atoms with Gasteiger partial charge in [-0.2, -0.15) is 0 Å². The Morgan fingerprint density at radius 1 is 1.03 bits per heavy atom. The van der Waals surface area contributed by atoms with Crippen molar-refractivity contribution < 1.29 is 14.6 Å². The summed E-state index contributed by atoms with van der Waals surface area (Å²) in [5.74, 6) is -0.192. The number of rotatable bonds is 7. The van der Waals surface area contributed by atoms with Crippen LogP contribution in [-0.4, -0.2) is 18.2 Å². The highest BCUT2D eigenvalue weighted by Crippen LogP contribution is 2.34. The number of aromatic carboxylic acids is 1. The molecule has 0 saturated carbocycles. The standard InChI is InChI=1S/C27H24ClNO3/c1-17(29-16-18-6-5-8-22(12-18)32-2)21-13-19-7-3-4-9-23(19)25(14-21)20-10-11-24(27(30)31)26(28)15-20/h3-15,17,29H,16H2,1-2H3,(H,30,31). The molecule has 162 valence electrons. The highest BCUT2D eigenvalue weighted by Gasteiger charge is 2.14. The molecule has 5 heteroatoms. The smallest absolute Gasteiger partial charge is 0.337 e. The molecular weight excluding hydrogens is 422 g/mol. The van der Waals surface area contributed by atoms with E-state index in [0.717, 1.165) is 38.8 Å². The molecule has 0 aliphatic rings. The first-order valence-electron chi connectivity index (χ1n) is 10.4. The van der Waals surface area contributed by atoms with E-state index in [1.165, 1.54) is 0 Å². The highest BCUT2D eigenvalue weighted by atomic mass is 35.5. The lowest BCUT2D eigenvalue weighted by atomic mass is 9.93. The predicted molar refractivity (Wildman–Crippen MR) is 130 cm³/mol. The average molecular weight is 446 g/mol. The number of hydrogen-bond acceptors (Lipinski definition) is 3. The molecule has 0 saturated heterocycles. The first-order chi connectivity index (χ1) is 15.5. The Hall–Kier alpha value is -3.34. The van der Waals surface area contributed by atoms with Crippen LogP contribution in [0.25, 0.3) is 21.9 Å². The minimum atomic E-state index is -1.03. The summed E-state index contributed by atoms with van der Waals surface area (Å²) in [6.45, 7) is 2.84. The maximum absolute atomic E-state index is 11.4. The van der Waals surface area contributed by atoms with E-state index in [0.29, 0.717) is 6.54 Å². The Morgan fingerprint density at radius 2 is 1.84 bits per heavy atom. The van der Waals surface area contributed by atoms with Crippen LogP contribution < -0.4 is 10.1 Å². The fourth-order valence-corrected chi connectivity index (χ4v) is 4.11. The number of carboxylic acids is 1. The zero-order valence-electron chi connectivity index (χ0n) is 17.9. The molecule has 0 heterocycles. The molecule has 4 aromatic carbocycles. The fraction of sp³-hybridized carbons (Fsp3) is 0.148. The number of fused-ring (bicyclic) bond motifs is 1. The van der Waals surface area contributed by atoms with Crippen molar-refractivity contribution in [1.82, 2.24) is 5.32 Å². The van der Waals surface area contributed by atoms with Gasteiger partial charge in [0, 0.05) is 12.6 Å². The van der Waals surface area contributed by atoms with Gasteiger partial charge >= 0.3 is 5.97 Å². The highest BCUT2D eigenvalue weighted by molar-refractivity contribution is 6.33. The van der Waals surface area contributed by atoms with Gasteiger partial charge < -0.3 is 15.2 Å². The van der Waals surface area contributed by atoms with E-state index in [1.54, 1.807) is 19.2 Å². The molecular formula is C27H24ClNO3. The summed E-state index contributed by atoms with van der Waals surface area (Å²) in [5.41, 5.74) is 4.29. The van der Waals surface area contributed by atoms with Crippen LogP contribution in [0.1, 0.15) is 34.5 Å². The van der Waals surface area contributed by atoms with Gasteiger partial charge in [0.25, 0.3) is 0 Å². The Labute approximate surface area is 192 Å². The maximum Gasteiger partial charge on any atom is 0.337 e. The molecule has 0 bridgehead atoms. The van der Waals surface area contributed by atoms with E-state index in [1.807, 2.05) is 36.4 Å². The first kappa shape index (κ1) is 21.9. The fourth-order valence-electron chi connectivity index (χ4n) is 3.85. The molecule has 32 heavy (non-hydrogen) atoms. The summed E-state index contributed by atoms with van der Waals surface area (Å²) in [6, 6.07) is 25.7. The van der Waals surface area contributed by atoms with Crippen molar-refractivity contribution in [3.8, 4) is 16.9 Å². The van der Waals surface area contributed by atoms with Crippen LogP contribution in [0.4, 0.5) is 0 Å². The zero-order valence-corrected chi connectivity index (χ0v) is 18.7. The Bertz CT molecular complexity index is 1290. The quantitative estimate of drug-likeness (QED) is 0.331. The number of carbonyl (C=O) groups is 1. The Morgan fingerprint density at radius 3 is 2.59 bits per heavy atom. The number of carboxylic acid groups (broad SMARTS) is 1. The minimum absolute atomic E-state index is 0.0957. The number of hydrogen-bond donors (Lipinski definition) is 2. The second-order valence-electron chi connectivity index (χ2n) is 7.74. The molecule has 0 radical (unpaired) electrons. The molecule has 0 aliphatic carbocycles. The van der Waals surface area contributed by atoms with Crippen LogP contribution in [0.3, 0.4) is 0 Å². The van der Waals surface area contributed by atoms with Crippen LogP contribution in [0.5, 0.6) is 5.75 Å². The zero-order chi connectivity index (χ0) is 22.7. The van der Waals surface area contributed by atoms with Gasteiger partial charge in [0.1, 0.15) is 5.75 Å². The molecule has 2 N–H and O–H groups in total. The van der Waals surface area contributed by atoms with Gasteiger partial charge in [-0.15, -0.1) is 0 Å². The third-order valence-corrected chi connectivity index (χ3v) is 5.95. The second-order valence-corrected chi connectivity index (χ2v) is 8.15. The lowest BCUT2D eigenvalue weighted by Gasteiger charge is -2.18. The number of halogens is 1. The molecule has 0 aliphatic heterocycles. The van der Waals surface area contributed by atoms with E-state index in [2.05, 4.69) is 42.6 Å². The van der Waals surface area contributed by atoms with Gasteiger partial charge in [-0.25, -0.2) is 4.79 Å². The molecule has 0 amide bonds. The van der Waals surface area contributed by atoms with Crippen LogP contribution in [0.2, 0.25) is 5.02 Å². The lowest BCUT2D eigenvalue weighted by molar-refractivity contribution is 0.0697. The third-order valence-electron chi connectivity index (χ3n) is 5.64. The van der Waals surface area contributed by atoms with Gasteiger partial charge in [0.15, 0.2) is 0 Å². The molecule has 0 fully saturated rings. The molecule has 1 atom stereocenters. The minimum Gasteiger partial charge on any atom is -0.497 e. The molecule has 4 aromatic rings. The monoisotopic (exact) mass is 445 g/mol. The maximum atomic E-state index is 11.4. The van der Waals surface area contributed by atoms with Crippen LogP contribution in [0, 0.1) is 0 Å². The number of nitrogens with one attached hydrogen (secondary N) is 1. The SMILES string of the molecule is COc1cccc(CNC(C)c2cc(-c3ccc(C(=O)O)c(Cl)c3)c3ccccc3c2)c1. The van der Waals surface area contributed by atoms with E-state index in [9.17, 15) is 9.90 Å². The number of ether oxygens (including phenoxy) is 1. The molecule has 1 unspecified atom stereocenters. The summed E-state index contributed by atoms with van der Waals surface area (Å²) < 4.78 is 5.32. The van der Waals surface area contributed by atoms with Crippen molar-refractivity contribution in [2.24, 2.45) is 0 Å². The summed E-state index contributed by atoms with van der Waals surface area (Å²) in [6.07, 6.45) is 0. The lowest BCUT2D eigenvalue weighted by Crippen LogP contribution is -2.18. The van der Waals surface area contributed by atoms with Crippen LogP contribution in [0.15, 0.2) is 78.9 Å². The molecule has 0 spiro atoms. The largest absolute Gasteiger partial charge is 0.497 e. The summed E-state index contributed by atoms with van der Waals surface area (Å²) >= 11 is 6.27.